The maximum Gasteiger partial charge on any atom is 0.257 e. The normalized spacial score (nSPS) is 15.3. The number of amides is 1. The number of ether oxygens (including phenoxy) is 3. The second kappa shape index (κ2) is 12.3. The van der Waals surface area contributed by atoms with Crippen LogP contribution in [-0.4, -0.2) is 52.6 Å². The van der Waals surface area contributed by atoms with Crippen LogP contribution in [0.1, 0.15) is 68.4 Å². The van der Waals surface area contributed by atoms with Crippen LogP contribution in [-0.2, 0) is 10.0 Å². The molecule has 1 aliphatic rings. The number of carbonyl (C=O) groups is 1. The summed E-state index contributed by atoms with van der Waals surface area (Å²) in [6, 6.07) is 9.23. The summed E-state index contributed by atoms with van der Waals surface area (Å²) < 4.78 is 45.9. The molecule has 192 valence electrons. The average molecular weight is 505 g/mol. The molecule has 0 saturated carbocycles. The van der Waals surface area contributed by atoms with Gasteiger partial charge in [-0.1, -0.05) is 18.9 Å². The topological polar surface area (TPSA) is 94.2 Å². The summed E-state index contributed by atoms with van der Waals surface area (Å²) in [4.78, 5) is 15.0. The summed E-state index contributed by atoms with van der Waals surface area (Å²) in [6.07, 6.45) is 4.06. The molecule has 1 saturated heterocycles. The summed E-state index contributed by atoms with van der Waals surface area (Å²) in [5, 5.41) is 0. The molecule has 8 nitrogen and oxygen atoms in total. The summed E-state index contributed by atoms with van der Waals surface area (Å²) in [6.45, 7) is 7.81. The summed E-state index contributed by atoms with van der Waals surface area (Å²) >= 11 is 0. The Morgan fingerprint density at radius 2 is 1.57 bits per heavy atom. The molecule has 9 heteroatoms. The van der Waals surface area contributed by atoms with Crippen LogP contribution in [0.25, 0.3) is 0 Å². The van der Waals surface area contributed by atoms with Crippen molar-refractivity contribution in [3.8, 4) is 17.2 Å². The minimum Gasteiger partial charge on any atom is -0.496 e. The van der Waals surface area contributed by atoms with Crippen molar-refractivity contribution in [2.75, 3.05) is 33.4 Å². The molecule has 0 aromatic heterocycles. The van der Waals surface area contributed by atoms with Gasteiger partial charge in [-0.25, -0.2) is 13.1 Å². The molecule has 0 unspecified atom stereocenters. The molecule has 0 radical (unpaired) electrons. The van der Waals surface area contributed by atoms with Gasteiger partial charge in [-0.05, 0) is 69.5 Å². The van der Waals surface area contributed by atoms with Gasteiger partial charge in [-0.2, -0.15) is 0 Å². The predicted molar refractivity (Wildman–Crippen MR) is 135 cm³/mol. The van der Waals surface area contributed by atoms with E-state index in [9.17, 15) is 13.2 Å². The number of likely N-dealkylation sites (tertiary alicyclic amines) is 1. The van der Waals surface area contributed by atoms with Crippen LogP contribution < -0.4 is 18.9 Å². The number of rotatable bonds is 10. The fourth-order valence-electron chi connectivity index (χ4n) is 4.17. The number of carbonyl (C=O) groups excluding carboxylic acids is 1. The summed E-state index contributed by atoms with van der Waals surface area (Å²) in [5.41, 5.74) is 0.986. The molecule has 2 aromatic carbocycles. The second-order valence-electron chi connectivity index (χ2n) is 8.48. The number of nitrogens with zero attached hydrogens (tertiary/aromatic N) is 1. The predicted octanol–water partition coefficient (Wildman–Crippen LogP) is 4.55. The van der Waals surface area contributed by atoms with Crippen LogP contribution in [0.15, 0.2) is 41.3 Å². The lowest BCUT2D eigenvalue weighted by atomic mass is 10.1. The molecular weight excluding hydrogens is 468 g/mol. The van der Waals surface area contributed by atoms with Crippen LogP contribution in [0.5, 0.6) is 17.2 Å². The SMILES string of the molecule is CCOc1ccc([C@@H](C)NS(=O)(=O)c2ccc(OC)c(C(=O)N3CCCCCC3)c2)cc1OCC. The van der Waals surface area contributed by atoms with E-state index in [1.807, 2.05) is 19.9 Å². The van der Waals surface area contributed by atoms with Crippen molar-refractivity contribution in [1.82, 2.24) is 9.62 Å². The summed E-state index contributed by atoms with van der Waals surface area (Å²) in [5.74, 6) is 1.33. The highest BCUT2D eigenvalue weighted by Crippen LogP contribution is 2.32. The Hall–Kier alpha value is -2.78. The van der Waals surface area contributed by atoms with Crippen molar-refractivity contribution in [1.29, 1.82) is 0 Å². The first-order valence-electron chi connectivity index (χ1n) is 12.2. The lowest BCUT2D eigenvalue weighted by Gasteiger charge is -2.22. The van der Waals surface area contributed by atoms with Gasteiger partial charge < -0.3 is 19.1 Å². The first kappa shape index (κ1) is 26.8. The van der Waals surface area contributed by atoms with Gasteiger partial charge in [0, 0.05) is 19.1 Å². The standard InChI is InChI=1S/C26H36N2O6S/c1-5-33-24-13-11-20(17-25(24)34-6-2)19(3)27-35(30,31)21-12-14-23(32-4)22(18-21)26(29)28-15-9-7-8-10-16-28/h11-14,17-19,27H,5-10,15-16H2,1-4H3/t19-/m1/s1. The lowest BCUT2D eigenvalue weighted by molar-refractivity contribution is 0.0758. The van der Waals surface area contributed by atoms with Gasteiger partial charge in [0.1, 0.15) is 5.75 Å². The Morgan fingerprint density at radius 3 is 2.20 bits per heavy atom. The monoisotopic (exact) mass is 504 g/mol. The number of hydrogen-bond donors (Lipinski definition) is 1. The van der Waals surface area contributed by atoms with Gasteiger partial charge in [-0.3, -0.25) is 4.79 Å². The maximum absolute atomic E-state index is 13.3. The molecule has 1 atom stereocenters. The van der Waals surface area contributed by atoms with E-state index in [2.05, 4.69) is 4.72 Å². The fraction of sp³-hybridized carbons (Fsp3) is 0.500. The Kier molecular flexibility index (Phi) is 9.40. The zero-order valence-corrected chi connectivity index (χ0v) is 21.8. The number of sulfonamides is 1. The molecule has 2 aromatic rings. The van der Waals surface area contributed by atoms with Gasteiger partial charge in [0.2, 0.25) is 10.0 Å². The third kappa shape index (κ3) is 6.67. The molecule has 0 bridgehead atoms. The van der Waals surface area contributed by atoms with Gasteiger partial charge in [-0.15, -0.1) is 0 Å². The number of hydrogen-bond acceptors (Lipinski definition) is 6. The molecule has 1 N–H and O–H groups in total. The van der Waals surface area contributed by atoms with Crippen molar-refractivity contribution >= 4 is 15.9 Å². The highest BCUT2D eigenvalue weighted by atomic mass is 32.2. The lowest BCUT2D eigenvalue weighted by Crippen LogP contribution is -2.32. The minimum absolute atomic E-state index is 0.0132. The Labute approximate surface area is 208 Å². The van der Waals surface area contributed by atoms with Gasteiger partial charge >= 0.3 is 0 Å². The molecule has 3 rings (SSSR count). The van der Waals surface area contributed by atoms with Crippen molar-refractivity contribution in [3.05, 3.63) is 47.5 Å². The van der Waals surface area contributed by atoms with Gasteiger partial charge in [0.25, 0.3) is 5.91 Å². The van der Waals surface area contributed by atoms with E-state index >= 15 is 0 Å². The highest BCUT2D eigenvalue weighted by Gasteiger charge is 2.25. The smallest absolute Gasteiger partial charge is 0.257 e. The average Bonchev–Trinajstić information content (AvgIpc) is 3.14. The highest BCUT2D eigenvalue weighted by molar-refractivity contribution is 7.89. The van der Waals surface area contributed by atoms with E-state index in [4.69, 9.17) is 14.2 Å². The van der Waals surface area contributed by atoms with Crippen LogP contribution in [0.3, 0.4) is 0 Å². The van der Waals surface area contributed by atoms with Crippen molar-refractivity contribution in [2.24, 2.45) is 0 Å². The Bertz CT molecular complexity index is 1110. The molecule has 1 aliphatic heterocycles. The van der Waals surface area contributed by atoms with Crippen LogP contribution >= 0.6 is 0 Å². The van der Waals surface area contributed by atoms with Crippen LogP contribution in [0.2, 0.25) is 0 Å². The van der Waals surface area contributed by atoms with Crippen molar-refractivity contribution in [3.63, 3.8) is 0 Å². The number of benzene rings is 2. The zero-order chi connectivity index (χ0) is 25.4. The minimum atomic E-state index is -3.92. The third-order valence-electron chi connectivity index (χ3n) is 6.00. The van der Waals surface area contributed by atoms with E-state index in [1.165, 1.54) is 25.3 Å². The van der Waals surface area contributed by atoms with Crippen molar-refractivity contribution < 1.29 is 27.4 Å². The third-order valence-corrected chi connectivity index (χ3v) is 7.54. The fourth-order valence-corrected chi connectivity index (χ4v) is 5.43. The molecule has 35 heavy (non-hydrogen) atoms. The molecule has 0 aliphatic carbocycles. The molecular formula is C26H36N2O6S. The maximum atomic E-state index is 13.3. The molecule has 1 fully saturated rings. The quantitative estimate of drug-likeness (QED) is 0.510. The Balaban J connectivity index is 1.85. The molecule has 1 heterocycles. The van der Waals surface area contributed by atoms with E-state index in [0.29, 0.717) is 43.6 Å². The van der Waals surface area contributed by atoms with Gasteiger partial charge in [0.05, 0.1) is 30.8 Å². The first-order chi connectivity index (χ1) is 16.8. The second-order valence-corrected chi connectivity index (χ2v) is 10.2. The molecule has 0 spiro atoms. The first-order valence-corrected chi connectivity index (χ1v) is 13.7. The van der Waals surface area contributed by atoms with Crippen LogP contribution in [0, 0.1) is 0 Å². The zero-order valence-electron chi connectivity index (χ0n) is 21.0. The van der Waals surface area contributed by atoms with Crippen molar-refractivity contribution in [2.45, 2.75) is 57.4 Å². The number of methoxy groups -OCH3 is 1. The van der Waals surface area contributed by atoms with E-state index in [0.717, 1.165) is 31.2 Å². The Morgan fingerprint density at radius 1 is 0.943 bits per heavy atom. The van der Waals surface area contributed by atoms with E-state index in [1.54, 1.807) is 24.0 Å². The molecule has 1 amide bonds. The van der Waals surface area contributed by atoms with E-state index in [-0.39, 0.29) is 16.4 Å². The van der Waals surface area contributed by atoms with Gasteiger partial charge in [0.15, 0.2) is 11.5 Å². The number of nitrogens with one attached hydrogen (secondary N) is 1. The largest absolute Gasteiger partial charge is 0.496 e. The van der Waals surface area contributed by atoms with E-state index < -0.39 is 16.1 Å². The summed E-state index contributed by atoms with van der Waals surface area (Å²) in [7, 11) is -2.44. The van der Waals surface area contributed by atoms with Crippen LogP contribution in [0.4, 0.5) is 0 Å².